The van der Waals surface area contributed by atoms with Crippen molar-refractivity contribution < 1.29 is 5.11 Å². The third-order valence-corrected chi connectivity index (χ3v) is 3.47. The van der Waals surface area contributed by atoms with Gasteiger partial charge in [0.25, 0.3) is 5.56 Å². The van der Waals surface area contributed by atoms with E-state index in [2.05, 4.69) is 31.4 Å². The zero-order chi connectivity index (χ0) is 14.7. The Balaban J connectivity index is 2.25. The van der Waals surface area contributed by atoms with Gasteiger partial charge in [-0.25, -0.2) is 4.68 Å². The second-order valence-electron chi connectivity index (χ2n) is 4.55. The molecule has 0 aliphatic rings. The van der Waals surface area contributed by atoms with Crippen molar-refractivity contribution in [1.82, 2.24) is 19.6 Å². The molecule has 0 aliphatic carbocycles. The van der Waals surface area contributed by atoms with Gasteiger partial charge in [0.2, 0.25) is 0 Å². The van der Waals surface area contributed by atoms with Gasteiger partial charge in [0, 0.05) is 12.2 Å². The molecular formula is C12H16BrN5O2. The fourth-order valence-corrected chi connectivity index (χ4v) is 2.05. The summed E-state index contributed by atoms with van der Waals surface area (Å²) in [7, 11) is 0. The molecule has 0 unspecified atom stereocenters. The number of aromatic nitrogens is 4. The molecule has 2 heterocycles. The predicted octanol–water partition coefficient (Wildman–Crippen LogP) is 1.52. The molecule has 0 saturated heterocycles. The summed E-state index contributed by atoms with van der Waals surface area (Å²) in [6.07, 6.45) is 5.08. The van der Waals surface area contributed by atoms with Crippen LogP contribution < -0.4 is 10.9 Å². The fraction of sp³-hybridized carbons (Fsp3) is 0.417. The minimum Gasteiger partial charge on any atom is -0.394 e. The van der Waals surface area contributed by atoms with Crippen molar-refractivity contribution >= 4 is 27.3 Å². The van der Waals surface area contributed by atoms with E-state index in [1.807, 2.05) is 24.7 Å². The molecule has 108 valence electrons. The largest absolute Gasteiger partial charge is 0.394 e. The Morgan fingerprint density at radius 1 is 1.40 bits per heavy atom. The van der Waals surface area contributed by atoms with Gasteiger partial charge in [0.1, 0.15) is 4.47 Å². The number of aliphatic hydroxyl groups is 1. The maximum atomic E-state index is 12.0. The zero-order valence-corrected chi connectivity index (χ0v) is 12.8. The molecule has 8 heteroatoms. The second-order valence-corrected chi connectivity index (χ2v) is 5.34. The van der Waals surface area contributed by atoms with Crippen LogP contribution in [0.1, 0.15) is 19.9 Å². The molecule has 2 aromatic rings. The average molecular weight is 342 g/mol. The summed E-state index contributed by atoms with van der Waals surface area (Å²) >= 11 is 3.25. The predicted molar refractivity (Wildman–Crippen MR) is 79.2 cm³/mol. The topological polar surface area (TPSA) is 85.0 Å². The highest BCUT2D eigenvalue weighted by Gasteiger charge is 2.10. The first-order chi connectivity index (χ1) is 9.52. The van der Waals surface area contributed by atoms with Crippen LogP contribution in [0.5, 0.6) is 0 Å². The summed E-state index contributed by atoms with van der Waals surface area (Å²) in [6, 6.07) is 0.268. The molecule has 0 atom stereocenters. The number of nitrogens with zero attached hydrogens (tertiary/aromatic N) is 4. The Morgan fingerprint density at radius 2 is 2.15 bits per heavy atom. The van der Waals surface area contributed by atoms with E-state index in [4.69, 9.17) is 5.11 Å². The maximum absolute atomic E-state index is 12.0. The molecule has 20 heavy (non-hydrogen) atoms. The van der Waals surface area contributed by atoms with E-state index in [-0.39, 0.29) is 24.8 Å². The molecule has 0 radical (unpaired) electrons. The van der Waals surface area contributed by atoms with E-state index in [9.17, 15) is 4.79 Å². The first-order valence-electron chi connectivity index (χ1n) is 6.20. The van der Waals surface area contributed by atoms with Gasteiger partial charge < -0.3 is 10.4 Å². The summed E-state index contributed by atoms with van der Waals surface area (Å²) in [6.45, 7) is 4.10. The van der Waals surface area contributed by atoms with Crippen molar-refractivity contribution in [3.8, 4) is 0 Å². The van der Waals surface area contributed by atoms with Gasteiger partial charge in [-0.1, -0.05) is 0 Å². The molecule has 7 nitrogen and oxygen atoms in total. The third kappa shape index (κ3) is 3.07. The molecule has 0 aliphatic heterocycles. The van der Waals surface area contributed by atoms with Crippen LogP contribution in [0, 0.1) is 0 Å². The first kappa shape index (κ1) is 14.7. The smallest absolute Gasteiger partial charge is 0.283 e. The van der Waals surface area contributed by atoms with Crippen molar-refractivity contribution in [3.63, 3.8) is 0 Å². The number of hydrogen-bond donors (Lipinski definition) is 2. The molecular weight excluding hydrogens is 326 g/mol. The van der Waals surface area contributed by atoms with Crippen molar-refractivity contribution in [3.05, 3.63) is 33.4 Å². The van der Waals surface area contributed by atoms with Crippen LogP contribution in [0.15, 0.2) is 27.9 Å². The van der Waals surface area contributed by atoms with Gasteiger partial charge in [-0.3, -0.25) is 9.48 Å². The Labute approximate surface area is 124 Å². The lowest BCUT2D eigenvalue weighted by molar-refractivity contribution is 0.266. The number of rotatable bonds is 5. The van der Waals surface area contributed by atoms with Crippen LogP contribution in [-0.2, 0) is 6.54 Å². The Bertz CT molecular complexity index is 650. The molecule has 0 saturated carbocycles. The zero-order valence-electron chi connectivity index (χ0n) is 11.2. The SMILES string of the molecule is CC(C)n1cc(Nc2cnn(CCO)c(=O)c2Br)cn1. The van der Waals surface area contributed by atoms with Gasteiger partial charge in [0.15, 0.2) is 0 Å². The minimum absolute atomic E-state index is 0.132. The van der Waals surface area contributed by atoms with Crippen LogP contribution >= 0.6 is 15.9 Å². The van der Waals surface area contributed by atoms with Crippen molar-refractivity contribution in [2.45, 2.75) is 26.4 Å². The molecule has 2 aromatic heterocycles. The summed E-state index contributed by atoms with van der Waals surface area (Å²) < 4.78 is 3.39. The summed E-state index contributed by atoms with van der Waals surface area (Å²) in [5, 5.41) is 20.1. The summed E-state index contributed by atoms with van der Waals surface area (Å²) in [5.74, 6) is 0. The Kier molecular flexibility index (Phi) is 4.56. The van der Waals surface area contributed by atoms with Crippen molar-refractivity contribution in [2.24, 2.45) is 0 Å². The highest BCUT2D eigenvalue weighted by atomic mass is 79.9. The van der Waals surface area contributed by atoms with Gasteiger partial charge in [-0.15, -0.1) is 0 Å². The lowest BCUT2D eigenvalue weighted by Crippen LogP contribution is -2.25. The Morgan fingerprint density at radius 3 is 2.75 bits per heavy atom. The van der Waals surface area contributed by atoms with Gasteiger partial charge in [-0.2, -0.15) is 10.2 Å². The first-order valence-corrected chi connectivity index (χ1v) is 7.00. The van der Waals surface area contributed by atoms with Crippen LogP contribution in [0.25, 0.3) is 0 Å². The van der Waals surface area contributed by atoms with E-state index in [0.29, 0.717) is 10.2 Å². The van der Waals surface area contributed by atoms with E-state index in [0.717, 1.165) is 5.69 Å². The van der Waals surface area contributed by atoms with E-state index in [1.54, 1.807) is 6.20 Å². The number of halogens is 1. The van der Waals surface area contributed by atoms with Crippen LogP contribution in [0.3, 0.4) is 0 Å². The number of hydrogen-bond acceptors (Lipinski definition) is 5. The van der Waals surface area contributed by atoms with Crippen molar-refractivity contribution in [2.75, 3.05) is 11.9 Å². The highest BCUT2D eigenvalue weighted by molar-refractivity contribution is 9.10. The van der Waals surface area contributed by atoms with Crippen LogP contribution in [-0.4, -0.2) is 31.3 Å². The lowest BCUT2D eigenvalue weighted by Gasteiger charge is -2.08. The lowest BCUT2D eigenvalue weighted by atomic mass is 10.4. The van der Waals surface area contributed by atoms with E-state index in [1.165, 1.54) is 10.9 Å². The van der Waals surface area contributed by atoms with E-state index >= 15 is 0 Å². The quantitative estimate of drug-likeness (QED) is 0.861. The minimum atomic E-state index is -0.291. The number of nitrogens with one attached hydrogen (secondary N) is 1. The molecule has 0 fully saturated rings. The molecule has 0 spiro atoms. The molecule has 2 rings (SSSR count). The standard InChI is InChI=1S/C12H16BrN5O2/c1-8(2)18-7-9(5-14-18)16-10-6-15-17(3-4-19)12(20)11(10)13/h5-8,16,19H,3-4H2,1-2H3. The van der Waals surface area contributed by atoms with Gasteiger partial charge >= 0.3 is 0 Å². The van der Waals surface area contributed by atoms with E-state index < -0.39 is 0 Å². The number of anilines is 2. The summed E-state index contributed by atoms with van der Waals surface area (Å²) in [5.41, 5.74) is 1.05. The monoisotopic (exact) mass is 341 g/mol. The van der Waals surface area contributed by atoms with Gasteiger partial charge in [0.05, 0.1) is 36.9 Å². The second kappa shape index (κ2) is 6.19. The van der Waals surface area contributed by atoms with Crippen LogP contribution in [0.2, 0.25) is 0 Å². The van der Waals surface area contributed by atoms with Crippen molar-refractivity contribution in [1.29, 1.82) is 0 Å². The van der Waals surface area contributed by atoms with Crippen LogP contribution in [0.4, 0.5) is 11.4 Å². The maximum Gasteiger partial charge on any atom is 0.283 e. The molecule has 0 amide bonds. The molecule has 0 aromatic carbocycles. The third-order valence-electron chi connectivity index (χ3n) is 2.71. The number of aliphatic hydroxyl groups excluding tert-OH is 1. The average Bonchev–Trinajstić information content (AvgIpc) is 2.87. The molecule has 0 bridgehead atoms. The molecule has 2 N–H and O–H groups in total. The summed E-state index contributed by atoms with van der Waals surface area (Å²) in [4.78, 5) is 12.0. The Hall–Kier alpha value is -1.67. The van der Waals surface area contributed by atoms with Gasteiger partial charge in [-0.05, 0) is 29.8 Å². The normalized spacial score (nSPS) is 11.1. The highest BCUT2D eigenvalue weighted by Crippen LogP contribution is 2.21. The fourth-order valence-electron chi connectivity index (χ4n) is 1.65.